The minimum atomic E-state index is 0.0466. The number of aromatic amines is 1. The van der Waals surface area contributed by atoms with Crippen molar-refractivity contribution in [1.82, 2.24) is 9.97 Å². The van der Waals surface area contributed by atoms with E-state index in [4.69, 9.17) is 11.6 Å². The fourth-order valence-electron chi connectivity index (χ4n) is 3.70. The quantitative estimate of drug-likeness (QED) is 0.332. The molecule has 0 aliphatic carbocycles. The fraction of sp³-hybridized carbons (Fsp3) is 0.320. The Morgan fingerprint density at radius 1 is 0.786 bits per heavy atom. The highest BCUT2D eigenvalue weighted by Gasteiger charge is 2.20. The van der Waals surface area contributed by atoms with Gasteiger partial charge in [0.1, 0.15) is 5.15 Å². The lowest BCUT2D eigenvalue weighted by Gasteiger charge is -2.21. The van der Waals surface area contributed by atoms with Crippen molar-refractivity contribution in [3.63, 3.8) is 0 Å². The van der Waals surface area contributed by atoms with Gasteiger partial charge in [0.25, 0.3) is 0 Å². The maximum absolute atomic E-state index is 6.20. The molecule has 3 heteroatoms. The Kier molecular flexibility index (Phi) is 4.31. The Bertz CT molecular complexity index is 1190. The Morgan fingerprint density at radius 3 is 2.11 bits per heavy atom. The van der Waals surface area contributed by atoms with E-state index in [-0.39, 0.29) is 10.8 Å². The van der Waals surface area contributed by atoms with Gasteiger partial charge >= 0.3 is 0 Å². The highest BCUT2D eigenvalue weighted by atomic mass is 35.5. The van der Waals surface area contributed by atoms with Crippen LogP contribution < -0.4 is 0 Å². The molecule has 0 aliphatic rings. The molecule has 0 spiro atoms. The van der Waals surface area contributed by atoms with E-state index < -0.39 is 0 Å². The van der Waals surface area contributed by atoms with Gasteiger partial charge in [-0.25, -0.2) is 4.98 Å². The second kappa shape index (κ2) is 6.35. The molecule has 2 aromatic carbocycles. The van der Waals surface area contributed by atoms with Crippen LogP contribution in [0.15, 0.2) is 48.7 Å². The van der Waals surface area contributed by atoms with Crippen LogP contribution in [-0.2, 0) is 10.8 Å². The van der Waals surface area contributed by atoms with Crippen molar-refractivity contribution >= 4 is 33.4 Å². The first kappa shape index (κ1) is 19.0. The molecule has 0 aliphatic heterocycles. The van der Waals surface area contributed by atoms with Gasteiger partial charge in [0.2, 0.25) is 0 Å². The molecule has 1 N–H and O–H groups in total. The topological polar surface area (TPSA) is 28.7 Å². The normalized spacial score (nSPS) is 12.8. The number of halogens is 1. The summed E-state index contributed by atoms with van der Waals surface area (Å²) in [5.74, 6) is 0. The molecule has 0 radical (unpaired) electrons. The molecule has 0 unspecified atom stereocenters. The average molecular weight is 391 g/mol. The lowest BCUT2D eigenvalue weighted by atomic mass is 9.83. The highest BCUT2D eigenvalue weighted by Crippen LogP contribution is 2.39. The van der Waals surface area contributed by atoms with E-state index in [1.54, 1.807) is 6.20 Å². The SMILES string of the molecule is CC(C)(C)c1ccc2[nH]c3c(-c4ccnc(Cl)c4)cc(C(C)(C)C)cc3c2c1. The molecular formula is C25H27ClN2. The number of nitrogens with zero attached hydrogens (tertiary/aromatic N) is 1. The third-order valence-corrected chi connectivity index (χ3v) is 5.68. The zero-order chi connectivity index (χ0) is 20.3. The maximum atomic E-state index is 6.20. The van der Waals surface area contributed by atoms with Gasteiger partial charge in [0.15, 0.2) is 0 Å². The smallest absolute Gasteiger partial charge is 0.129 e. The molecule has 4 aromatic rings. The van der Waals surface area contributed by atoms with Crippen molar-refractivity contribution in [2.24, 2.45) is 0 Å². The van der Waals surface area contributed by atoms with Crippen LogP contribution in [0.4, 0.5) is 0 Å². The molecule has 2 heterocycles. The number of benzene rings is 2. The minimum Gasteiger partial charge on any atom is -0.354 e. The molecule has 2 nitrogen and oxygen atoms in total. The first-order valence-corrected chi connectivity index (χ1v) is 10.1. The third-order valence-electron chi connectivity index (χ3n) is 5.48. The van der Waals surface area contributed by atoms with Gasteiger partial charge in [-0.1, -0.05) is 59.2 Å². The van der Waals surface area contributed by atoms with E-state index in [1.165, 1.54) is 27.5 Å². The fourth-order valence-corrected chi connectivity index (χ4v) is 3.87. The standard InChI is InChI=1S/C25H27ClN2/c1-24(2,3)16-7-8-21-19(12-16)20-14-17(25(4,5)6)13-18(23(20)28-21)15-9-10-27-22(26)11-15/h7-14,28H,1-6H3. The Labute approximate surface area is 172 Å². The van der Waals surface area contributed by atoms with E-state index in [0.717, 1.165) is 16.6 Å². The van der Waals surface area contributed by atoms with Gasteiger partial charge in [0.05, 0.1) is 5.52 Å². The van der Waals surface area contributed by atoms with E-state index in [1.807, 2.05) is 12.1 Å². The first-order chi connectivity index (χ1) is 13.0. The van der Waals surface area contributed by atoms with Crippen molar-refractivity contribution in [2.75, 3.05) is 0 Å². The Balaban J connectivity index is 2.11. The van der Waals surface area contributed by atoms with Gasteiger partial charge < -0.3 is 4.98 Å². The predicted molar refractivity (Wildman–Crippen MR) is 121 cm³/mol. The number of aromatic nitrogens is 2. The minimum absolute atomic E-state index is 0.0466. The number of nitrogens with one attached hydrogen (secondary N) is 1. The molecule has 144 valence electrons. The van der Waals surface area contributed by atoms with Crippen molar-refractivity contribution in [1.29, 1.82) is 0 Å². The summed E-state index contributed by atoms with van der Waals surface area (Å²) in [5, 5.41) is 3.05. The number of hydrogen-bond acceptors (Lipinski definition) is 1. The molecular weight excluding hydrogens is 364 g/mol. The summed E-state index contributed by atoms with van der Waals surface area (Å²) < 4.78 is 0. The number of fused-ring (bicyclic) bond motifs is 3. The van der Waals surface area contributed by atoms with Crippen LogP contribution in [0.3, 0.4) is 0 Å². The van der Waals surface area contributed by atoms with Crippen LogP contribution in [0, 0.1) is 0 Å². The van der Waals surface area contributed by atoms with Crippen molar-refractivity contribution in [2.45, 2.75) is 52.4 Å². The lowest BCUT2D eigenvalue weighted by molar-refractivity contribution is 0.590. The van der Waals surface area contributed by atoms with E-state index >= 15 is 0 Å². The van der Waals surface area contributed by atoms with E-state index in [9.17, 15) is 0 Å². The van der Waals surface area contributed by atoms with Crippen LogP contribution in [0.2, 0.25) is 5.15 Å². The Hall–Kier alpha value is -2.32. The van der Waals surface area contributed by atoms with Crippen LogP contribution >= 0.6 is 11.6 Å². The number of rotatable bonds is 1. The summed E-state index contributed by atoms with van der Waals surface area (Å²) in [6.45, 7) is 13.5. The lowest BCUT2D eigenvalue weighted by Crippen LogP contribution is -2.11. The first-order valence-electron chi connectivity index (χ1n) is 9.76. The van der Waals surface area contributed by atoms with Crippen molar-refractivity contribution in [3.8, 4) is 11.1 Å². The van der Waals surface area contributed by atoms with E-state index in [0.29, 0.717) is 5.15 Å². The van der Waals surface area contributed by atoms with Crippen molar-refractivity contribution in [3.05, 3.63) is 64.9 Å². The molecule has 0 bridgehead atoms. The van der Waals surface area contributed by atoms with Crippen LogP contribution in [0.5, 0.6) is 0 Å². The maximum Gasteiger partial charge on any atom is 0.129 e. The molecule has 4 rings (SSSR count). The van der Waals surface area contributed by atoms with Gasteiger partial charge in [-0.15, -0.1) is 0 Å². The summed E-state index contributed by atoms with van der Waals surface area (Å²) >= 11 is 6.20. The third kappa shape index (κ3) is 3.31. The summed E-state index contributed by atoms with van der Waals surface area (Å²) in [7, 11) is 0. The largest absolute Gasteiger partial charge is 0.354 e. The van der Waals surface area contributed by atoms with Crippen molar-refractivity contribution < 1.29 is 0 Å². The van der Waals surface area contributed by atoms with Crippen LogP contribution in [0.25, 0.3) is 32.9 Å². The molecule has 0 fully saturated rings. The van der Waals surface area contributed by atoms with Gasteiger partial charge in [-0.05, 0) is 63.9 Å². The number of pyridine rings is 1. The monoisotopic (exact) mass is 390 g/mol. The summed E-state index contributed by atoms with van der Waals surface area (Å²) in [4.78, 5) is 7.81. The Morgan fingerprint density at radius 2 is 1.46 bits per heavy atom. The number of H-pyrrole nitrogens is 1. The van der Waals surface area contributed by atoms with Crippen LogP contribution in [-0.4, -0.2) is 9.97 Å². The summed E-state index contributed by atoms with van der Waals surface area (Å²) in [6, 6.07) is 15.4. The van der Waals surface area contributed by atoms with Gasteiger partial charge in [-0.3, -0.25) is 0 Å². The molecule has 0 saturated carbocycles. The molecule has 28 heavy (non-hydrogen) atoms. The van der Waals surface area contributed by atoms with Gasteiger partial charge in [0, 0.05) is 28.0 Å². The second-order valence-electron chi connectivity index (χ2n) is 9.70. The van der Waals surface area contributed by atoms with Crippen LogP contribution in [0.1, 0.15) is 52.7 Å². The molecule has 0 amide bonds. The molecule has 2 aromatic heterocycles. The van der Waals surface area contributed by atoms with Gasteiger partial charge in [-0.2, -0.15) is 0 Å². The summed E-state index contributed by atoms with van der Waals surface area (Å²) in [5.41, 5.74) is 7.37. The average Bonchev–Trinajstić information content (AvgIpc) is 2.97. The second-order valence-corrected chi connectivity index (χ2v) is 10.1. The van der Waals surface area contributed by atoms with E-state index in [2.05, 4.69) is 81.8 Å². The molecule has 0 saturated heterocycles. The predicted octanol–water partition coefficient (Wildman–Crippen LogP) is 7.63. The molecule has 0 atom stereocenters. The summed E-state index contributed by atoms with van der Waals surface area (Å²) in [6.07, 6.45) is 1.77. The zero-order valence-corrected chi connectivity index (χ0v) is 18.2. The number of hydrogen-bond donors (Lipinski definition) is 1. The zero-order valence-electron chi connectivity index (χ0n) is 17.4. The highest BCUT2D eigenvalue weighted by molar-refractivity contribution is 6.29.